The summed E-state index contributed by atoms with van der Waals surface area (Å²) < 4.78 is 5.64. The lowest BCUT2D eigenvalue weighted by Gasteiger charge is -2.24. The van der Waals surface area contributed by atoms with Gasteiger partial charge in [0.1, 0.15) is 5.54 Å². The summed E-state index contributed by atoms with van der Waals surface area (Å²) in [7, 11) is 0. The highest BCUT2D eigenvalue weighted by molar-refractivity contribution is 5.86. The molecule has 2 aromatic rings. The lowest BCUT2D eigenvalue weighted by atomic mass is 9.92. The number of hydrogen-bond acceptors (Lipinski definition) is 3. The average molecular weight is 340 g/mol. The molecule has 3 N–H and O–H groups in total. The molecule has 0 bridgehead atoms. The number of carbonyl (C=O) groups is 1. The Bertz CT molecular complexity index is 627. The number of nitrogens with two attached hydrogens (primary N) is 1. The van der Waals surface area contributed by atoms with E-state index in [1.165, 1.54) is 5.56 Å². The van der Waals surface area contributed by atoms with Crippen molar-refractivity contribution in [2.45, 2.75) is 31.7 Å². The number of rotatable bonds is 10. The van der Waals surface area contributed by atoms with E-state index in [2.05, 4.69) is 17.4 Å². The maximum Gasteiger partial charge on any atom is 0.244 e. The second-order valence-electron chi connectivity index (χ2n) is 6.38. The van der Waals surface area contributed by atoms with E-state index in [0.717, 1.165) is 31.4 Å². The summed E-state index contributed by atoms with van der Waals surface area (Å²) >= 11 is 0. The fourth-order valence-electron chi connectivity index (χ4n) is 2.57. The van der Waals surface area contributed by atoms with Crippen LogP contribution in [0.15, 0.2) is 60.7 Å². The van der Waals surface area contributed by atoms with Gasteiger partial charge in [0.15, 0.2) is 0 Å². The molecular weight excluding hydrogens is 312 g/mol. The molecule has 25 heavy (non-hydrogen) atoms. The van der Waals surface area contributed by atoms with Crippen LogP contribution in [0.4, 0.5) is 0 Å². The Morgan fingerprint density at radius 3 is 2.32 bits per heavy atom. The Balaban J connectivity index is 1.56. The van der Waals surface area contributed by atoms with Gasteiger partial charge in [-0.2, -0.15) is 0 Å². The van der Waals surface area contributed by atoms with E-state index >= 15 is 0 Å². The summed E-state index contributed by atoms with van der Waals surface area (Å²) in [6.07, 6.45) is 2.73. The molecule has 4 heteroatoms. The summed E-state index contributed by atoms with van der Waals surface area (Å²) in [6, 6.07) is 19.8. The summed E-state index contributed by atoms with van der Waals surface area (Å²) in [5.41, 5.74) is 7.28. The van der Waals surface area contributed by atoms with Crippen molar-refractivity contribution in [2.24, 2.45) is 5.73 Å². The number of benzene rings is 2. The van der Waals surface area contributed by atoms with E-state index in [4.69, 9.17) is 10.5 Å². The largest absolute Gasteiger partial charge is 0.381 e. The fraction of sp³-hybridized carbons (Fsp3) is 0.381. The first-order valence-electron chi connectivity index (χ1n) is 8.85. The molecule has 0 radical (unpaired) electrons. The van der Waals surface area contributed by atoms with Crippen LogP contribution in [-0.2, 0) is 21.5 Å². The SMILES string of the molecule is CC(N)(C(=O)NCCCCOCCc1ccccc1)c1ccccc1. The molecule has 4 nitrogen and oxygen atoms in total. The van der Waals surface area contributed by atoms with Gasteiger partial charge in [0, 0.05) is 13.2 Å². The van der Waals surface area contributed by atoms with E-state index in [1.807, 2.05) is 48.5 Å². The van der Waals surface area contributed by atoms with Gasteiger partial charge in [0.25, 0.3) is 0 Å². The molecule has 0 aromatic heterocycles. The van der Waals surface area contributed by atoms with Crippen molar-refractivity contribution < 1.29 is 9.53 Å². The molecule has 0 fully saturated rings. The fourth-order valence-corrected chi connectivity index (χ4v) is 2.57. The van der Waals surface area contributed by atoms with Gasteiger partial charge in [-0.3, -0.25) is 4.79 Å². The van der Waals surface area contributed by atoms with Crippen LogP contribution in [0.5, 0.6) is 0 Å². The Kier molecular flexibility index (Phi) is 7.64. The minimum absolute atomic E-state index is 0.149. The molecule has 0 spiro atoms. The molecule has 1 unspecified atom stereocenters. The van der Waals surface area contributed by atoms with E-state index < -0.39 is 5.54 Å². The number of ether oxygens (including phenoxy) is 1. The average Bonchev–Trinajstić information content (AvgIpc) is 2.65. The zero-order valence-corrected chi connectivity index (χ0v) is 14.9. The maximum atomic E-state index is 12.3. The molecule has 134 valence electrons. The highest BCUT2D eigenvalue weighted by Gasteiger charge is 2.29. The van der Waals surface area contributed by atoms with E-state index in [-0.39, 0.29) is 5.91 Å². The van der Waals surface area contributed by atoms with Gasteiger partial charge in [0.2, 0.25) is 5.91 Å². The molecule has 1 atom stereocenters. The van der Waals surface area contributed by atoms with Crippen molar-refractivity contribution in [3.63, 3.8) is 0 Å². The van der Waals surface area contributed by atoms with Crippen LogP contribution in [0.3, 0.4) is 0 Å². The van der Waals surface area contributed by atoms with E-state index in [9.17, 15) is 4.79 Å². The molecule has 0 saturated carbocycles. The first kappa shape index (κ1) is 19.2. The zero-order chi connectivity index (χ0) is 18.0. The topological polar surface area (TPSA) is 64.4 Å². The minimum atomic E-state index is -1.01. The minimum Gasteiger partial charge on any atom is -0.381 e. The third-order valence-corrected chi connectivity index (χ3v) is 4.22. The Labute approximate surface area is 150 Å². The maximum absolute atomic E-state index is 12.3. The third kappa shape index (κ3) is 6.33. The van der Waals surface area contributed by atoms with Gasteiger partial charge in [-0.15, -0.1) is 0 Å². The standard InChI is InChI=1S/C21H28N2O2/c1-21(22,19-12-6-3-7-13-19)20(24)23-15-8-9-16-25-17-14-18-10-4-2-5-11-18/h2-7,10-13H,8-9,14-17,22H2,1H3,(H,23,24). The number of amides is 1. The monoisotopic (exact) mass is 340 g/mol. The molecule has 2 rings (SSSR count). The summed E-state index contributed by atoms with van der Waals surface area (Å²) in [4.78, 5) is 12.3. The molecule has 1 amide bonds. The van der Waals surface area contributed by atoms with Gasteiger partial charge >= 0.3 is 0 Å². The van der Waals surface area contributed by atoms with Crippen molar-refractivity contribution in [3.8, 4) is 0 Å². The molecular formula is C21H28N2O2. The molecule has 0 aliphatic rings. The van der Waals surface area contributed by atoms with Crippen LogP contribution in [0.2, 0.25) is 0 Å². The van der Waals surface area contributed by atoms with Crippen molar-refractivity contribution >= 4 is 5.91 Å². The van der Waals surface area contributed by atoms with Crippen LogP contribution in [0.25, 0.3) is 0 Å². The molecule has 2 aromatic carbocycles. The smallest absolute Gasteiger partial charge is 0.244 e. The highest BCUT2D eigenvalue weighted by atomic mass is 16.5. The lowest BCUT2D eigenvalue weighted by Crippen LogP contribution is -2.49. The normalized spacial score (nSPS) is 13.2. The number of unbranched alkanes of at least 4 members (excludes halogenated alkanes) is 1. The van der Waals surface area contributed by atoms with Crippen molar-refractivity contribution in [1.29, 1.82) is 0 Å². The van der Waals surface area contributed by atoms with Crippen molar-refractivity contribution in [3.05, 3.63) is 71.8 Å². The van der Waals surface area contributed by atoms with Gasteiger partial charge in [-0.25, -0.2) is 0 Å². The number of nitrogens with one attached hydrogen (secondary N) is 1. The number of hydrogen-bond donors (Lipinski definition) is 2. The van der Waals surface area contributed by atoms with Gasteiger partial charge in [-0.05, 0) is 37.3 Å². The Morgan fingerprint density at radius 1 is 1.00 bits per heavy atom. The summed E-state index contributed by atoms with van der Waals surface area (Å²) in [5.74, 6) is -0.149. The molecule has 0 aliphatic heterocycles. The summed E-state index contributed by atoms with van der Waals surface area (Å²) in [6.45, 7) is 3.79. The van der Waals surface area contributed by atoms with Crippen LogP contribution >= 0.6 is 0 Å². The third-order valence-electron chi connectivity index (χ3n) is 4.22. The van der Waals surface area contributed by atoms with Crippen molar-refractivity contribution in [1.82, 2.24) is 5.32 Å². The predicted molar refractivity (Wildman–Crippen MR) is 101 cm³/mol. The van der Waals surface area contributed by atoms with E-state index in [0.29, 0.717) is 13.2 Å². The first-order valence-corrected chi connectivity index (χ1v) is 8.85. The Morgan fingerprint density at radius 2 is 1.64 bits per heavy atom. The second kappa shape index (κ2) is 9.97. The van der Waals surface area contributed by atoms with Crippen LogP contribution in [0, 0.1) is 0 Å². The molecule has 0 heterocycles. The predicted octanol–water partition coefficient (Wildman–Crippen LogP) is 3.02. The van der Waals surface area contributed by atoms with Gasteiger partial charge in [-0.1, -0.05) is 60.7 Å². The highest BCUT2D eigenvalue weighted by Crippen LogP contribution is 2.17. The van der Waals surface area contributed by atoms with Gasteiger partial charge in [0.05, 0.1) is 6.61 Å². The second-order valence-corrected chi connectivity index (χ2v) is 6.38. The van der Waals surface area contributed by atoms with Crippen molar-refractivity contribution in [2.75, 3.05) is 19.8 Å². The summed E-state index contributed by atoms with van der Waals surface area (Å²) in [5, 5.41) is 2.92. The van der Waals surface area contributed by atoms with Crippen LogP contribution < -0.4 is 11.1 Å². The Hall–Kier alpha value is -2.17. The van der Waals surface area contributed by atoms with Gasteiger partial charge < -0.3 is 15.8 Å². The zero-order valence-electron chi connectivity index (χ0n) is 14.9. The van der Waals surface area contributed by atoms with E-state index in [1.54, 1.807) is 6.92 Å². The first-order chi connectivity index (χ1) is 12.1. The molecule has 0 aliphatic carbocycles. The lowest BCUT2D eigenvalue weighted by molar-refractivity contribution is -0.126. The van der Waals surface area contributed by atoms with Crippen LogP contribution in [0.1, 0.15) is 30.9 Å². The molecule has 0 saturated heterocycles. The number of carbonyl (C=O) groups excluding carboxylic acids is 1. The quantitative estimate of drug-likeness (QED) is 0.654. The van der Waals surface area contributed by atoms with Crippen LogP contribution in [-0.4, -0.2) is 25.7 Å².